The molecule has 0 aliphatic heterocycles. The van der Waals surface area contributed by atoms with E-state index >= 15 is 0 Å². The van der Waals surface area contributed by atoms with Crippen molar-refractivity contribution in [2.45, 2.75) is 44.6 Å². The van der Waals surface area contributed by atoms with Gasteiger partial charge in [-0.1, -0.05) is 18.2 Å². The van der Waals surface area contributed by atoms with E-state index in [1.807, 2.05) is 20.8 Å². The number of ether oxygens (including phenoxy) is 1. The van der Waals surface area contributed by atoms with Crippen LogP contribution in [0.2, 0.25) is 0 Å². The molecule has 0 aliphatic carbocycles. The molecule has 3 nitrogen and oxygen atoms in total. The summed E-state index contributed by atoms with van der Waals surface area (Å²) in [5, 5.41) is 0. The minimum Gasteiger partial charge on any atom is -0.320 e. The van der Waals surface area contributed by atoms with Crippen LogP contribution in [0, 0.1) is 0 Å². The summed E-state index contributed by atoms with van der Waals surface area (Å²) in [5.74, 6) is 0. The Kier molecular flexibility index (Phi) is 5.40. The summed E-state index contributed by atoms with van der Waals surface area (Å²) in [7, 11) is -0.305. The third kappa shape index (κ3) is 4.33. The van der Waals surface area contributed by atoms with E-state index in [1.165, 1.54) is 18.2 Å². The lowest BCUT2D eigenvalue weighted by Gasteiger charge is -2.23. The van der Waals surface area contributed by atoms with E-state index in [1.54, 1.807) is 13.0 Å². The molecule has 0 heterocycles. The van der Waals surface area contributed by atoms with Gasteiger partial charge in [0.1, 0.15) is 0 Å². The molecule has 1 N–H and O–H groups in total. The van der Waals surface area contributed by atoms with Crippen LogP contribution in [0.25, 0.3) is 0 Å². The molecule has 0 fully saturated rings. The van der Waals surface area contributed by atoms with Crippen molar-refractivity contribution in [2.75, 3.05) is 7.11 Å². The monoisotopic (exact) mass is 305 g/mol. The third-order valence-corrected chi connectivity index (χ3v) is 4.50. The highest BCUT2D eigenvalue weighted by Crippen LogP contribution is 2.30. The molecule has 0 saturated heterocycles. The van der Waals surface area contributed by atoms with Crippen molar-refractivity contribution < 1.29 is 17.7 Å². The van der Waals surface area contributed by atoms with E-state index in [9.17, 15) is 13.0 Å². The second-order valence-electron chi connectivity index (χ2n) is 5.57. The largest absolute Gasteiger partial charge is 0.383 e. The fourth-order valence-corrected chi connectivity index (χ4v) is 2.32. The average molecular weight is 305 g/mol. The highest BCUT2D eigenvalue weighted by Gasteiger charge is 2.31. The topological polar surface area (TPSA) is 38.3 Å². The van der Waals surface area contributed by atoms with Gasteiger partial charge in [0.15, 0.2) is 0 Å². The van der Waals surface area contributed by atoms with Crippen LogP contribution in [0.1, 0.15) is 44.9 Å². The standard InChI is InChI=1S/C14H21F2NO2S/c1-10(17-20(18)13(2,3)4)11-7-6-8-12(9-11)14(15,16)19-5/h6-10,17H,1-5H3/t10-,20-/m1/s1. The molecule has 2 atom stereocenters. The Morgan fingerprint density at radius 2 is 1.90 bits per heavy atom. The molecule has 0 unspecified atom stereocenters. The Hall–Kier alpha value is -0.850. The van der Waals surface area contributed by atoms with Gasteiger partial charge in [-0.2, -0.15) is 8.78 Å². The van der Waals surface area contributed by atoms with Crippen molar-refractivity contribution in [1.82, 2.24) is 4.72 Å². The van der Waals surface area contributed by atoms with E-state index in [4.69, 9.17) is 0 Å². The maximum Gasteiger partial charge on any atom is 0.383 e. The van der Waals surface area contributed by atoms with Gasteiger partial charge in [0.2, 0.25) is 0 Å². The Bertz CT molecular complexity index is 486. The summed E-state index contributed by atoms with van der Waals surface area (Å²) in [6.07, 6.45) is -3.32. The quantitative estimate of drug-likeness (QED) is 0.904. The number of hydrogen-bond acceptors (Lipinski definition) is 2. The van der Waals surface area contributed by atoms with Gasteiger partial charge < -0.3 is 4.74 Å². The molecule has 1 rings (SSSR count). The molecule has 6 heteroatoms. The molecule has 0 bridgehead atoms. The number of benzene rings is 1. The first-order chi connectivity index (χ1) is 9.08. The van der Waals surface area contributed by atoms with E-state index < -0.39 is 21.8 Å². The number of methoxy groups -OCH3 is 1. The molecular formula is C14H21F2NO2S. The summed E-state index contributed by atoms with van der Waals surface area (Å²) in [6, 6.07) is 5.62. The van der Waals surface area contributed by atoms with Gasteiger partial charge >= 0.3 is 6.11 Å². The molecule has 0 aliphatic rings. The van der Waals surface area contributed by atoms with Crippen LogP contribution in [-0.2, 0) is 21.8 Å². The van der Waals surface area contributed by atoms with Gasteiger partial charge in [0, 0.05) is 13.2 Å². The van der Waals surface area contributed by atoms with Crippen molar-refractivity contribution >= 4 is 11.0 Å². The Balaban J connectivity index is 2.93. The van der Waals surface area contributed by atoms with E-state index in [-0.39, 0.29) is 11.6 Å². The zero-order valence-corrected chi connectivity index (χ0v) is 13.2. The zero-order chi connectivity index (χ0) is 15.6. The summed E-state index contributed by atoms with van der Waals surface area (Å²) in [4.78, 5) is 0. The fourth-order valence-electron chi connectivity index (χ4n) is 1.51. The van der Waals surface area contributed by atoms with E-state index in [2.05, 4.69) is 9.46 Å². The number of hydrogen-bond donors (Lipinski definition) is 1. The van der Waals surface area contributed by atoms with Crippen molar-refractivity contribution in [1.29, 1.82) is 0 Å². The number of nitrogens with one attached hydrogen (secondary N) is 1. The van der Waals surface area contributed by atoms with E-state index in [0.29, 0.717) is 5.56 Å². The lowest BCUT2D eigenvalue weighted by molar-refractivity contribution is -0.231. The summed E-state index contributed by atoms with van der Waals surface area (Å²) >= 11 is 0. The summed E-state index contributed by atoms with van der Waals surface area (Å²) in [5.41, 5.74) is 0.421. The maximum atomic E-state index is 13.5. The van der Waals surface area contributed by atoms with Crippen LogP contribution in [0.5, 0.6) is 0 Å². The summed E-state index contributed by atoms with van der Waals surface area (Å²) in [6.45, 7) is 7.32. The van der Waals surface area contributed by atoms with Crippen molar-refractivity contribution in [2.24, 2.45) is 0 Å². The lowest BCUT2D eigenvalue weighted by atomic mass is 10.1. The highest BCUT2D eigenvalue weighted by molar-refractivity contribution is 7.84. The molecule has 1 aromatic carbocycles. The van der Waals surface area contributed by atoms with Gasteiger partial charge in [0.05, 0.1) is 21.3 Å². The number of halogens is 2. The average Bonchev–Trinajstić information content (AvgIpc) is 2.37. The van der Waals surface area contributed by atoms with Crippen LogP contribution >= 0.6 is 0 Å². The SMILES string of the molecule is COC(F)(F)c1cccc([C@@H](C)N[S@](=O)C(C)(C)C)c1. The fraction of sp³-hybridized carbons (Fsp3) is 0.571. The van der Waals surface area contributed by atoms with E-state index in [0.717, 1.165) is 7.11 Å². The highest BCUT2D eigenvalue weighted by atomic mass is 32.2. The zero-order valence-electron chi connectivity index (χ0n) is 12.4. The normalized spacial score (nSPS) is 15.9. The predicted octanol–water partition coefficient (Wildman–Crippen LogP) is 3.50. The van der Waals surface area contributed by atoms with Gasteiger partial charge in [-0.3, -0.25) is 0 Å². The molecule has 20 heavy (non-hydrogen) atoms. The van der Waals surface area contributed by atoms with Crippen molar-refractivity contribution in [3.05, 3.63) is 35.4 Å². The Morgan fingerprint density at radius 1 is 1.30 bits per heavy atom. The molecular weight excluding hydrogens is 284 g/mol. The smallest absolute Gasteiger partial charge is 0.320 e. The minimum absolute atomic E-state index is 0.215. The van der Waals surface area contributed by atoms with Crippen LogP contribution < -0.4 is 4.72 Å². The Labute approximate surface area is 121 Å². The maximum absolute atomic E-state index is 13.5. The molecule has 0 saturated carbocycles. The molecule has 0 aromatic heterocycles. The minimum atomic E-state index is -3.32. The van der Waals surface area contributed by atoms with Crippen molar-refractivity contribution in [3.63, 3.8) is 0 Å². The van der Waals surface area contributed by atoms with Crippen LogP contribution in [0.15, 0.2) is 24.3 Å². The molecule has 1 aromatic rings. The molecule has 0 radical (unpaired) electrons. The van der Waals surface area contributed by atoms with Gasteiger partial charge in [-0.05, 0) is 39.3 Å². The number of rotatable bonds is 5. The predicted molar refractivity (Wildman–Crippen MR) is 76.8 cm³/mol. The van der Waals surface area contributed by atoms with Crippen LogP contribution in [-0.4, -0.2) is 16.1 Å². The molecule has 0 amide bonds. The molecule has 114 valence electrons. The number of alkyl halides is 2. The molecule has 0 spiro atoms. The van der Waals surface area contributed by atoms with Gasteiger partial charge in [-0.15, -0.1) is 0 Å². The van der Waals surface area contributed by atoms with Gasteiger partial charge in [-0.25, -0.2) is 8.93 Å². The Morgan fingerprint density at radius 3 is 2.40 bits per heavy atom. The lowest BCUT2D eigenvalue weighted by Crippen LogP contribution is -2.34. The van der Waals surface area contributed by atoms with Gasteiger partial charge in [0.25, 0.3) is 0 Å². The van der Waals surface area contributed by atoms with Crippen LogP contribution in [0.3, 0.4) is 0 Å². The summed E-state index contributed by atoms with van der Waals surface area (Å²) < 4.78 is 45.7. The first-order valence-electron chi connectivity index (χ1n) is 6.29. The first-order valence-corrected chi connectivity index (χ1v) is 7.44. The first kappa shape index (κ1) is 17.2. The third-order valence-electron chi connectivity index (χ3n) is 2.82. The van der Waals surface area contributed by atoms with Crippen LogP contribution in [0.4, 0.5) is 8.78 Å². The second-order valence-corrected chi connectivity index (χ2v) is 7.56. The van der Waals surface area contributed by atoms with Crippen molar-refractivity contribution in [3.8, 4) is 0 Å². The second kappa shape index (κ2) is 6.28.